The van der Waals surface area contributed by atoms with E-state index in [-0.39, 0.29) is 30.7 Å². The van der Waals surface area contributed by atoms with E-state index in [2.05, 4.69) is 20.5 Å². The number of amides is 1. The van der Waals surface area contributed by atoms with Crippen LogP contribution < -0.4 is 10.6 Å². The van der Waals surface area contributed by atoms with Gasteiger partial charge in [-0.05, 0) is 19.1 Å². The SMILES string of the molecule is Cc1nc(-c2cccc(C(=O)NCCN3CCNCC3)c2)cs1.Cl.Cl. The molecule has 1 aromatic heterocycles. The average Bonchev–Trinajstić information content (AvgIpc) is 3.02. The minimum atomic E-state index is -0.0195. The third-order valence-electron chi connectivity index (χ3n) is 3.96. The lowest BCUT2D eigenvalue weighted by atomic mass is 10.1. The van der Waals surface area contributed by atoms with Crippen LogP contribution in [-0.2, 0) is 0 Å². The molecular weight excluding hydrogens is 379 g/mol. The summed E-state index contributed by atoms with van der Waals surface area (Å²) >= 11 is 1.62. The van der Waals surface area contributed by atoms with E-state index in [9.17, 15) is 4.79 Å². The molecule has 0 atom stereocenters. The Labute approximate surface area is 165 Å². The van der Waals surface area contributed by atoms with Crippen molar-refractivity contribution in [1.82, 2.24) is 20.5 Å². The molecule has 0 radical (unpaired) electrons. The zero-order valence-electron chi connectivity index (χ0n) is 14.2. The highest BCUT2D eigenvalue weighted by Gasteiger charge is 2.11. The first-order valence-corrected chi connectivity index (χ1v) is 8.84. The molecule has 1 amide bonds. The van der Waals surface area contributed by atoms with Gasteiger partial charge in [0.05, 0.1) is 10.7 Å². The van der Waals surface area contributed by atoms with Crippen LogP contribution >= 0.6 is 36.2 Å². The Morgan fingerprint density at radius 3 is 2.76 bits per heavy atom. The smallest absolute Gasteiger partial charge is 0.251 e. The van der Waals surface area contributed by atoms with Gasteiger partial charge in [-0.3, -0.25) is 9.69 Å². The fourth-order valence-electron chi connectivity index (χ4n) is 2.68. The predicted octanol–water partition coefficient (Wildman–Crippen LogP) is 2.60. The van der Waals surface area contributed by atoms with Crippen LogP contribution in [0, 0.1) is 6.92 Å². The third kappa shape index (κ3) is 6.24. The average molecular weight is 403 g/mol. The highest BCUT2D eigenvalue weighted by atomic mass is 35.5. The lowest BCUT2D eigenvalue weighted by Gasteiger charge is -2.27. The Balaban J connectivity index is 0.00000156. The molecule has 1 aliphatic heterocycles. The van der Waals surface area contributed by atoms with Gasteiger partial charge in [0, 0.05) is 55.8 Å². The van der Waals surface area contributed by atoms with Gasteiger partial charge in [-0.15, -0.1) is 36.2 Å². The zero-order chi connectivity index (χ0) is 16.1. The molecule has 2 heterocycles. The number of rotatable bonds is 5. The summed E-state index contributed by atoms with van der Waals surface area (Å²) in [5.74, 6) is -0.0195. The second-order valence-electron chi connectivity index (χ2n) is 5.68. The van der Waals surface area contributed by atoms with Crippen molar-refractivity contribution in [1.29, 1.82) is 0 Å². The first kappa shape index (κ1) is 21.9. The van der Waals surface area contributed by atoms with E-state index in [0.717, 1.165) is 49.0 Å². The largest absolute Gasteiger partial charge is 0.351 e. The van der Waals surface area contributed by atoms with Crippen molar-refractivity contribution >= 4 is 42.1 Å². The number of nitrogens with zero attached hydrogens (tertiary/aromatic N) is 2. The second-order valence-corrected chi connectivity index (χ2v) is 6.74. The Bertz CT molecular complexity index is 674. The van der Waals surface area contributed by atoms with Crippen LogP contribution in [0.15, 0.2) is 29.6 Å². The molecule has 3 rings (SSSR count). The maximum absolute atomic E-state index is 12.3. The van der Waals surface area contributed by atoms with Crippen LogP contribution in [0.5, 0.6) is 0 Å². The number of aromatic nitrogens is 1. The van der Waals surface area contributed by atoms with Gasteiger partial charge in [0.25, 0.3) is 5.91 Å². The molecule has 5 nitrogen and oxygen atoms in total. The third-order valence-corrected chi connectivity index (χ3v) is 4.74. The lowest BCUT2D eigenvalue weighted by Crippen LogP contribution is -2.46. The number of benzene rings is 1. The summed E-state index contributed by atoms with van der Waals surface area (Å²) in [5.41, 5.74) is 2.61. The van der Waals surface area contributed by atoms with Crippen LogP contribution in [-0.4, -0.2) is 55.1 Å². The molecule has 0 bridgehead atoms. The lowest BCUT2D eigenvalue weighted by molar-refractivity contribution is 0.0947. The summed E-state index contributed by atoms with van der Waals surface area (Å²) in [5, 5.41) is 9.40. The normalized spacial score (nSPS) is 14.3. The summed E-state index contributed by atoms with van der Waals surface area (Å²) in [6.07, 6.45) is 0. The monoisotopic (exact) mass is 402 g/mol. The number of thiazole rings is 1. The standard InChI is InChI=1S/C17H22N4OS.2ClH/c1-13-20-16(12-23-13)14-3-2-4-15(11-14)17(22)19-7-10-21-8-5-18-6-9-21;;/h2-4,11-12,18H,5-10H2,1H3,(H,19,22);2*1H. The van der Waals surface area contributed by atoms with E-state index in [1.54, 1.807) is 11.3 Å². The molecular formula is C17H24Cl2N4OS. The number of piperazine rings is 1. The maximum atomic E-state index is 12.3. The van der Waals surface area contributed by atoms with Crippen molar-refractivity contribution in [3.05, 3.63) is 40.2 Å². The first-order chi connectivity index (χ1) is 11.2. The molecule has 0 saturated carbocycles. The molecule has 1 aliphatic rings. The summed E-state index contributed by atoms with van der Waals surface area (Å²) < 4.78 is 0. The highest BCUT2D eigenvalue weighted by molar-refractivity contribution is 7.09. The van der Waals surface area contributed by atoms with E-state index >= 15 is 0 Å². The van der Waals surface area contributed by atoms with Crippen molar-refractivity contribution in [2.45, 2.75) is 6.92 Å². The molecule has 0 spiro atoms. The summed E-state index contributed by atoms with van der Waals surface area (Å²) in [6, 6.07) is 7.67. The van der Waals surface area contributed by atoms with E-state index in [0.29, 0.717) is 12.1 Å². The van der Waals surface area contributed by atoms with Crippen molar-refractivity contribution in [3.63, 3.8) is 0 Å². The fourth-order valence-corrected chi connectivity index (χ4v) is 3.30. The maximum Gasteiger partial charge on any atom is 0.251 e. The molecule has 8 heteroatoms. The molecule has 1 aromatic carbocycles. The number of carbonyl (C=O) groups is 1. The fraction of sp³-hybridized carbons (Fsp3) is 0.412. The number of hydrogen-bond acceptors (Lipinski definition) is 5. The van der Waals surface area contributed by atoms with Crippen LogP contribution in [0.3, 0.4) is 0 Å². The van der Waals surface area contributed by atoms with E-state index in [1.807, 2.05) is 36.6 Å². The van der Waals surface area contributed by atoms with Crippen molar-refractivity contribution in [2.75, 3.05) is 39.3 Å². The van der Waals surface area contributed by atoms with Crippen LogP contribution in [0.2, 0.25) is 0 Å². The van der Waals surface area contributed by atoms with Crippen LogP contribution in [0.4, 0.5) is 0 Å². The summed E-state index contributed by atoms with van der Waals surface area (Å²) in [7, 11) is 0. The molecule has 0 unspecified atom stereocenters. The quantitative estimate of drug-likeness (QED) is 0.806. The molecule has 0 aliphatic carbocycles. The second kappa shape index (κ2) is 10.7. The van der Waals surface area contributed by atoms with E-state index < -0.39 is 0 Å². The van der Waals surface area contributed by atoms with Gasteiger partial charge < -0.3 is 10.6 Å². The van der Waals surface area contributed by atoms with Crippen LogP contribution in [0.25, 0.3) is 11.3 Å². The number of carbonyl (C=O) groups excluding carboxylic acids is 1. The number of aryl methyl sites for hydroxylation is 1. The van der Waals surface area contributed by atoms with Gasteiger partial charge in [-0.2, -0.15) is 0 Å². The first-order valence-electron chi connectivity index (χ1n) is 7.96. The van der Waals surface area contributed by atoms with Gasteiger partial charge >= 0.3 is 0 Å². The van der Waals surface area contributed by atoms with Gasteiger partial charge in [0.1, 0.15) is 0 Å². The van der Waals surface area contributed by atoms with Gasteiger partial charge in [-0.1, -0.05) is 12.1 Å². The molecule has 25 heavy (non-hydrogen) atoms. The Hall–Kier alpha value is -1.18. The Morgan fingerprint density at radius 1 is 1.32 bits per heavy atom. The van der Waals surface area contributed by atoms with E-state index in [1.165, 1.54) is 0 Å². The van der Waals surface area contributed by atoms with Crippen molar-refractivity contribution in [3.8, 4) is 11.3 Å². The number of halogens is 2. The van der Waals surface area contributed by atoms with Crippen molar-refractivity contribution in [2.24, 2.45) is 0 Å². The van der Waals surface area contributed by atoms with Crippen molar-refractivity contribution < 1.29 is 4.79 Å². The number of hydrogen-bond donors (Lipinski definition) is 2. The molecule has 1 fully saturated rings. The van der Waals surface area contributed by atoms with Gasteiger partial charge in [-0.25, -0.2) is 4.98 Å². The Morgan fingerprint density at radius 2 is 2.08 bits per heavy atom. The summed E-state index contributed by atoms with van der Waals surface area (Å²) in [4.78, 5) is 19.2. The summed E-state index contributed by atoms with van der Waals surface area (Å²) in [6.45, 7) is 7.73. The molecule has 1 saturated heterocycles. The minimum absolute atomic E-state index is 0. The number of nitrogens with one attached hydrogen (secondary N) is 2. The molecule has 2 aromatic rings. The van der Waals surface area contributed by atoms with Crippen LogP contribution in [0.1, 0.15) is 15.4 Å². The highest BCUT2D eigenvalue weighted by Crippen LogP contribution is 2.22. The predicted molar refractivity (Wildman–Crippen MR) is 108 cm³/mol. The van der Waals surface area contributed by atoms with Gasteiger partial charge in [0.2, 0.25) is 0 Å². The Kier molecular flexibility index (Phi) is 9.38. The van der Waals surface area contributed by atoms with E-state index in [4.69, 9.17) is 0 Å². The minimum Gasteiger partial charge on any atom is -0.351 e. The molecule has 2 N–H and O–H groups in total. The molecule has 138 valence electrons. The zero-order valence-corrected chi connectivity index (χ0v) is 16.6. The topological polar surface area (TPSA) is 57.3 Å². The van der Waals surface area contributed by atoms with Gasteiger partial charge in [0.15, 0.2) is 0 Å².